The summed E-state index contributed by atoms with van der Waals surface area (Å²) in [5, 5.41) is 8.25. The molecule has 3 aromatic heterocycles. The van der Waals surface area contributed by atoms with Gasteiger partial charge in [-0.2, -0.15) is 5.10 Å². The predicted molar refractivity (Wildman–Crippen MR) is 111 cm³/mol. The molecule has 0 radical (unpaired) electrons. The Balaban J connectivity index is 1.21. The number of aromatic nitrogens is 5. The van der Waals surface area contributed by atoms with E-state index in [2.05, 4.69) is 37.3 Å². The van der Waals surface area contributed by atoms with Crippen LogP contribution in [0, 0.1) is 11.8 Å². The van der Waals surface area contributed by atoms with Gasteiger partial charge in [0.2, 0.25) is 0 Å². The van der Waals surface area contributed by atoms with E-state index in [0.29, 0.717) is 17.9 Å². The maximum Gasteiger partial charge on any atom is 0.321 e. The van der Waals surface area contributed by atoms with E-state index in [1.165, 1.54) is 0 Å². The average Bonchev–Trinajstić information content (AvgIpc) is 3.48. The lowest BCUT2D eigenvalue weighted by Crippen LogP contribution is -2.36. The molecule has 0 aromatic carbocycles. The van der Waals surface area contributed by atoms with Crippen molar-refractivity contribution < 1.29 is 4.79 Å². The quantitative estimate of drug-likeness (QED) is 0.709. The fourth-order valence-electron chi connectivity index (χ4n) is 4.87. The number of aromatic amines is 1. The molecule has 1 unspecified atom stereocenters. The Kier molecular flexibility index (Phi) is 4.37. The molecule has 2 amide bonds. The van der Waals surface area contributed by atoms with Gasteiger partial charge in [-0.05, 0) is 37.7 Å². The Morgan fingerprint density at radius 2 is 2.10 bits per heavy atom. The summed E-state index contributed by atoms with van der Waals surface area (Å²) in [6.07, 6.45) is 9.24. The highest BCUT2D eigenvalue weighted by molar-refractivity contribution is 5.89. The van der Waals surface area contributed by atoms with Crippen molar-refractivity contribution in [2.45, 2.75) is 32.4 Å². The molecule has 0 bridgehead atoms. The third-order valence-corrected chi connectivity index (χ3v) is 6.44. The lowest BCUT2D eigenvalue weighted by molar-refractivity contribution is 0.218. The molecule has 2 N–H and O–H groups in total. The fraction of sp³-hybridized carbons (Fsp3) is 0.500. The van der Waals surface area contributed by atoms with Crippen LogP contribution in [0.25, 0.3) is 11.0 Å². The number of rotatable bonds is 4. The van der Waals surface area contributed by atoms with Gasteiger partial charge >= 0.3 is 6.03 Å². The first-order valence-corrected chi connectivity index (χ1v) is 10.2. The third kappa shape index (κ3) is 3.20. The summed E-state index contributed by atoms with van der Waals surface area (Å²) in [4.78, 5) is 28.9. The molecule has 4 heterocycles. The monoisotopic (exact) mass is 394 g/mol. The number of nitrogens with one attached hydrogen (secondary N) is 2. The standard InChI is InChI=1S/C20H26N8O/c1-3-28-11-15(8-24-28)25-20(29)27-9-13-6-16(7-14(13)10-27)26(2)19-17-4-5-21-18(17)22-12-23-19/h4-5,8,11-14,16H,3,6-7,9-10H2,1-2H3,(H,25,29)(H,21,22,23)/t13-,14+,16?. The Morgan fingerprint density at radius 3 is 2.83 bits per heavy atom. The number of nitrogens with zero attached hydrogens (tertiary/aromatic N) is 6. The number of anilines is 2. The van der Waals surface area contributed by atoms with Crippen LogP contribution in [0.2, 0.25) is 0 Å². The van der Waals surface area contributed by atoms with Crippen molar-refractivity contribution in [2.24, 2.45) is 11.8 Å². The summed E-state index contributed by atoms with van der Waals surface area (Å²) >= 11 is 0. The molecule has 3 aromatic rings. The minimum absolute atomic E-state index is 0.0233. The molecule has 2 aliphatic rings. The molecular formula is C20H26N8O. The lowest BCUT2D eigenvalue weighted by atomic mass is 10.0. The van der Waals surface area contributed by atoms with Gasteiger partial charge in [0.15, 0.2) is 0 Å². The first kappa shape index (κ1) is 18.0. The molecule has 9 nitrogen and oxygen atoms in total. The van der Waals surface area contributed by atoms with Gasteiger partial charge in [-0.25, -0.2) is 14.8 Å². The highest BCUT2D eigenvalue weighted by Gasteiger charge is 2.44. The minimum atomic E-state index is -0.0233. The van der Waals surface area contributed by atoms with Crippen molar-refractivity contribution in [1.29, 1.82) is 0 Å². The number of hydrogen-bond donors (Lipinski definition) is 2. The third-order valence-electron chi connectivity index (χ3n) is 6.44. The van der Waals surface area contributed by atoms with E-state index in [1.54, 1.807) is 12.5 Å². The maximum atomic E-state index is 12.6. The normalized spacial score (nSPS) is 23.5. The number of carbonyl (C=O) groups is 1. The average molecular weight is 394 g/mol. The van der Waals surface area contributed by atoms with Gasteiger partial charge < -0.3 is 20.1 Å². The Hall–Kier alpha value is -3.10. The number of urea groups is 1. The minimum Gasteiger partial charge on any atom is -0.356 e. The van der Waals surface area contributed by atoms with E-state index in [-0.39, 0.29) is 6.03 Å². The number of amides is 2. The second-order valence-electron chi connectivity index (χ2n) is 8.11. The number of carbonyl (C=O) groups excluding carboxylic acids is 1. The smallest absolute Gasteiger partial charge is 0.321 e. The zero-order valence-electron chi connectivity index (χ0n) is 16.7. The van der Waals surface area contributed by atoms with E-state index in [9.17, 15) is 4.79 Å². The van der Waals surface area contributed by atoms with Crippen LogP contribution < -0.4 is 10.2 Å². The maximum absolute atomic E-state index is 12.6. The van der Waals surface area contributed by atoms with Crippen LogP contribution >= 0.6 is 0 Å². The summed E-state index contributed by atoms with van der Waals surface area (Å²) < 4.78 is 1.81. The summed E-state index contributed by atoms with van der Waals surface area (Å²) in [6.45, 7) is 4.44. The molecule has 3 atom stereocenters. The summed E-state index contributed by atoms with van der Waals surface area (Å²) in [5.74, 6) is 2.05. The largest absolute Gasteiger partial charge is 0.356 e. The fourth-order valence-corrected chi connectivity index (χ4v) is 4.87. The number of hydrogen-bond acceptors (Lipinski definition) is 5. The van der Waals surface area contributed by atoms with E-state index < -0.39 is 0 Å². The van der Waals surface area contributed by atoms with Gasteiger partial charge in [-0.3, -0.25) is 4.68 Å². The van der Waals surface area contributed by atoms with Crippen LogP contribution in [-0.4, -0.2) is 61.8 Å². The molecule has 1 aliphatic carbocycles. The summed E-state index contributed by atoms with van der Waals surface area (Å²) in [6, 6.07) is 2.44. The molecule has 5 rings (SSSR count). The summed E-state index contributed by atoms with van der Waals surface area (Å²) in [7, 11) is 2.12. The molecule has 29 heavy (non-hydrogen) atoms. The second kappa shape index (κ2) is 7.06. The van der Waals surface area contributed by atoms with Crippen LogP contribution in [0.15, 0.2) is 31.0 Å². The highest BCUT2D eigenvalue weighted by Crippen LogP contribution is 2.41. The van der Waals surface area contributed by atoms with Gasteiger partial charge in [-0.15, -0.1) is 0 Å². The Labute approximate surface area is 169 Å². The second-order valence-corrected chi connectivity index (χ2v) is 8.11. The van der Waals surface area contributed by atoms with E-state index in [1.807, 2.05) is 35.0 Å². The SMILES string of the molecule is CCn1cc(NC(=O)N2C[C@H]3CC(N(C)c4ncnc5[nH]ccc45)C[C@H]3C2)cn1. The van der Waals surface area contributed by atoms with E-state index in [0.717, 1.165) is 55.0 Å². The van der Waals surface area contributed by atoms with Crippen LogP contribution in [0.1, 0.15) is 19.8 Å². The number of aryl methyl sites for hydroxylation is 1. The van der Waals surface area contributed by atoms with Crippen LogP contribution in [0.3, 0.4) is 0 Å². The van der Waals surface area contributed by atoms with Gasteiger partial charge in [-0.1, -0.05) is 0 Å². The lowest BCUT2D eigenvalue weighted by Gasteiger charge is -2.28. The predicted octanol–water partition coefficient (Wildman–Crippen LogP) is 2.55. The summed E-state index contributed by atoms with van der Waals surface area (Å²) in [5.41, 5.74) is 1.63. The van der Waals surface area contributed by atoms with E-state index in [4.69, 9.17) is 0 Å². The topological polar surface area (TPSA) is 95.0 Å². The molecule has 152 valence electrons. The first-order chi connectivity index (χ1) is 14.1. The van der Waals surface area contributed by atoms with Crippen molar-refractivity contribution >= 4 is 28.6 Å². The van der Waals surface area contributed by atoms with Crippen LogP contribution in [-0.2, 0) is 6.54 Å². The molecule has 9 heteroatoms. The van der Waals surface area contributed by atoms with Gasteiger partial charge in [0, 0.05) is 45.1 Å². The first-order valence-electron chi connectivity index (χ1n) is 10.2. The Morgan fingerprint density at radius 1 is 1.31 bits per heavy atom. The van der Waals surface area contributed by atoms with Crippen molar-refractivity contribution in [3.8, 4) is 0 Å². The molecule has 1 saturated carbocycles. The molecule has 1 saturated heterocycles. The Bertz CT molecular complexity index is 1010. The zero-order chi connectivity index (χ0) is 20.0. The number of H-pyrrole nitrogens is 1. The van der Waals surface area contributed by atoms with Crippen molar-refractivity contribution in [1.82, 2.24) is 29.6 Å². The van der Waals surface area contributed by atoms with Crippen molar-refractivity contribution in [2.75, 3.05) is 30.4 Å². The van der Waals surface area contributed by atoms with Crippen LogP contribution in [0.4, 0.5) is 16.3 Å². The van der Waals surface area contributed by atoms with Gasteiger partial charge in [0.05, 0.1) is 17.3 Å². The van der Waals surface area contributed by atoms with E-state index >= 15 is 0 Å². The van der Waals surface area contributed by atoms with Crippen molar-refractivity contribution in [3.05, 3.63) is 31.0 Å². The van der Waals surface area contributed by atoms with Gasteiger partial charge in [0.1, 0.15) is 17.8 Å². The number of fused-ring (bicyclic) bond motifs is 2. The van der Waals surface area contributed by atoms with Crippen LogP contribution in [0.5, 0.6) is 0 Å². The zero-order valence-corrected chi connectivity index (χ0v) is 16.7. The molecular weight excluding hydrogens is 368 g/mol. The molecule has 1 aliphatic heterocycles. The van der Waals surface area contributed by atoms with Gasteiger partial charge in [0.25, 0.3) is 0 Å². The van der Waals surface area contributed by atoms with Crippen molar-refractivity contribution in [3.63, 3.8) is 0 Å². The molecule has 2 fully saturated rings. The highest BCUT2D eigenvalue weighted by atomic mass is 16.2. The number of likely N-dealkylation sites (tertiary alicyclic amines) is 1. The molecule has 0 spiro atoms.